The minimum atomic E-state index is -0.702. The fourth-order valence-corrected chi connectivity index (χ4v) is 3.51. The molecular formula is C20H22FN5O2. The van der Waals surface area contributed by atoms with E-state index in [0.29, 0.717) is 18.7 Å². The van der Waals surface area contributed by atoms with Crippen LogP contribution in [0.1, 0.15) is 27.3 Å². The normalized spacial score (nSPS) is 15.4. The van der Waals surface area contributed by atoms with Crippen LogP contribution in [0, 0.1) is 12.7 Å². The summed E-state index contributed by atoms with van der Waals surface area (Å²) in [6.07, 6.45) is 5.11. The number of aliphatic hydroxyl groups is 1. The number of benzene rings is 1. The molecule has 2 aromatic heterocycles. The molecule has 0 saturated carbocycles. The lowest BCUT2D eigenvalue weighted by Crippen LogP contribution is -2.42. The van der Waals surface area contributed by atoms with Gasteiger partial charge in [-0.05, 0) is 36.6 Å². The highest BCUT2D eigenvalue weighted by Gasteiger charge is 2.20. The molecule has 7 nitrogen and oxygen atoms in total. The number of nitrogens with zero attached hydrogens (tertiary/aromatic N) is 4. The quantitative estimate of drug-likeness (QED) is 0.695. The molecule has 0 aliphatic carbocycles. The number of halogens is 1. The average Bonchev–Trinajstić information content (AvgIpc) is 3.09. The molecule has 1 aliphatic heterocycles. The molecular weight excluding hydrogens is 361 g/mol. The first-order valence-corrected chi connectivity index (χ1v) is 9.25. The van der Waals surface area contributed by atoms with E-state index in [-0.39, 0.29) is 24.0 Å². The number of aromatic nitrogens is 3. The molecule has 1 aliphatic rings. The van der Waals surface area contributed by atoms with Gasteiger partial charge in [-0.2, -0.15) is 0 Å². The fourth-order valence-electron chi connectivity index (χ4n) is 3.51. The Balaban J connectivity index is 1.31. The first kappa shape index (κ1) is 18.5. The summed E-state index contributed by atoms with van der Waals surface area (Å²) < 4.78 is 15.1. The molecule has 8 heteroatoms. The van der Waals surface area contributed by atoms with Crippen LogP contribution in [-0.2, 0) is 13.0 Å². The Morgan fingerprint density at radius 1 is 1.36 bits per heavy atom. The predicted molar refractivity (Wildman–Crippen MR) is 101 cm³/mol. The van der Waals surface area contributed by atoms with Gasteiger partial charge < -0.3 is 14.8 Å². The van der Waals surface area contributed by atoms with Gasteiger partial charge in [-0.1, -0.05) is 6.07 Å². The first-order valence-electron chi connectivity index (χ1n) is 9.25. The maximum atomic E-state index is 13.3. The molecule has 1 amide bonds. The summed E-state index contributed by atoms with van der Waals surface area (Å²) in [5.74, 6) is -0.548. The van der Waals surface area contributed by atoms with E-state index >= 15 is 0 Å². The van der Waals surface area contributed by atoms with E-state index in [4.69, 9.17) is 0 Å². The summed E-state index contributed by atoms with van der Waals surface area (Å²) in [4.78, 5) is 22.8. The Labute approximate surface area is 161 Å². The molecule has 1 aromatic carbocycles. The van der Waals surface area contributed by atoms with Crippen molar-refractivity contribution in [2.45, 2.75) is 26.0 Å². The number of carbonyl (C=O) groups excluding carboxylic acids is 1. The fraction of sp³-hybridized carbons (Fsp3) is 0.350. The molecule has 1 atom stereocenters. The molecule has 0 saturated heterocycles. The van der Waals surface area contributed by atoms with Crippen LogP contribution in [0.2, 0.25) is 0 Å². The van der Waals surface area contributed by atoms with E-state index in [9.17, 15) is 14.3 Å². The zero-order valence-electron chi connectivity index (χ0n) is 15.6. The van der Waals surface area contributed by atoms with Gasteiger partial charge in [0, 0.05) is 38.6 Å². The second-order valence-corrected chi connectivity index (χ2v) is 7.18. The van der Waals surface area contributed by atoms with Gasteiger partial charge in [0.05, 0.1) is 18.0 Å². The molecule has 0 radical (unpaired) electrons. The summed E-state index contributed by atoms with van der Waals surface area (Å²) in [5.41, 5.74) is 3.82. The van der Waals surface area contributed by atoms with Crippen molar-refractivity contribution in [3.63, 3.8) is 0 Å². The number of aliphatic hydroxyl groups excluding tert-OH is 1. The van der Waals surface area contributed by atoms with Crippen molar-refractivity contribution in [3.05, 3.63) is 65.1 Å². The maximum absolute atomic E-state index is 13.3. The number of imidazole rings is 1. The van der Waals surface area contributed by atoms with Gasteiger partial charge in [0.1, 0.15) is 11.5 Å². The van der Waals surface area contributed by atoms with Crippen LogP contribution in [-0.4, -0.2) is 56.0 Å². The Kier molecular flexibility index (Phi) is 5.06. The van der Waals surface area contributed by atoms with Crippen molar-refractivity contribution in [1.82, 2.24) is 24.6 Å². The molecule has 0 unspecified atom stereocenters. The maximum Gasteiger partial charge on any atom is 0.271 e. The number of carbonyl (C=O) groups is 1. The molecule has 146 valence electrons. The number of β-amino-alcohol motifs (C(OH)–C–C–N with tert-alkyl or cyclic N) is 1. The third kappa shape index (κ3) is 4.02. The number of hydrogen-bond donors (Lipinski definition) is 2. The van der Waals surface area contributed by atoms with Crippen molar-refractivity contribution in [2.75, 3.05) is 19.6 Å². The second-order valence-electron chi connectivity index (χ2n) is 7.18. The minimum Gasteiger partial charge on any atom is -0.390 e. The van der Waals surface area contributed by atoms with Gasteiger partial charge in [0.2, 0.25) is 0 Å². The van der Waals surface area contributed by atoms with Crippen LogP contribution in [0.5, 0.6) is 0 Å². The smallest absolute Gasteiger partial charge is 0.271 e. The van der Waals surface area contributed by atoms with Crippen molar-refractivity contribution in [3.8, 4) is 0 Å². The van der Waals surface area contributed by atoms with E-state index in [1.807, 2.05) is 6.92 Å². The van der Waals surface area contributed by atoms with Crippen molar-refractivity contribution in [2.24, 2.45) is 0 Å². The van der Waals surface area contributed by atoms with Gasteiger partial charge in [0.25, 0.3) is 5.91 Å². The number of nitrogens with one attached hydrogen (secondary N) is 1. The molecule has 0 bridgehead atoms. The molecule has 0 spiro atoms. The molecule has 3 heterocycles. The van der Waals surface area contributed by atoms with E-state index in [1.165, 1.54) is 6.07 Å². The number of amides is 1. The van der Waals surface area contributed by atoms with E-state index < -0.39 is 6.10 Å². The first-order chi connectivity index (χ1) is 13.5. The topological polar surface area (TPSA) is 82.8 Å². The van der Waals surface area contributed by atoms with Crippen LogP contribution in [0.25, 0.3) is 5.65 Å². The number of fused-ring (bicyclic) bond motifs is 2. The molecule has 3 aromatic rings. The van der Waals surface area contributed by atoms with Crippen molar-refractivity contribution in [1.29, 1.82) is 0 Å². The highest BCUT2D eigenvalue weighted by Crippen LogP contribution is 2.20. The van der Waals surface area contributed by atoms with Crippen LogP contribution >= 0.6 is 0 Å². The van der Waals surface area contributed by atoms with E-state index in [1.54, 1.807) is 35.1 Å². The monoisotopic (exact) mass is 383 g/mol. The lowest BCUT2D eigenvalue weighted by molar-refractivity contribution is 0.0838. The van der Waals surface area contributed by atoms with Gasteiger partial charge in [-0.3, -0.25) is 14.7 Å². The highest BCUT2D eigenvalue weighted by molar-refractivity contribution is 5.92. The van der Waals surface area contributed by atoms with Crippen molar-refractivity contribution >= 4 is 11.6 Å². The van der Waals surface area contributed by atoms with Gasteiger partial charge >= 0.3 is 0 Å². The predicted octanol–water partition coefficient (Wildman–Crippen LogP) is 1.33. The van der Waals surface area contributed by atoms with Gasteiger partial charge in [-0.15, -0.1) is 0 Å². The minimum absolute atomic E-state index is 0.136. The summed E-state index contributed by atoms with van der Waals surface area (Å²) in [6.45, 7) is 3.85. The summed E-state index contributed by atoms with van der Waals surface area (Å²) >= 11 is 0. The Morgan fingerprint density at radius 3 is 3.07 bits per heavy atom. The number of hydrogen-bond acceptors (Lipinski definition) is 5. The molecule has 28 heavy (non-hydrogen) atoms. The lowest BCUT2D eigenvalue weighted by atomic mass is 9.99. The van der Waals surface area contributed by atoms with E-state index in [0.717, 1.165) is 29.8 Å². The summed E-state index contributed by atoms with van der Waals surface area (Å²) in [7, 11) is 0. The lowest BCUT2D eigenvalue weighted by Gasteiger charge is -2.30. The van der Waals surface area contributed by atoms with Crippen LogP contribution < -0.4 is 5.32 Å². The third-order valence-electron chi connectivity index (χ3n) is 4.93. The summed E-state index contributed by atoms with van der Waals surface area (Å²) in [5, 5.41) is 13.0. The van der Waals surface area contributed by atoms with Gasteiger partial charge in [-0.25, -0.2) is 9.37 Å². The number of rotatable bonds is 5. The van der Waals surface area contributed by atoms with E-state index in [2.05, 4.69) is 20.2 Å². The summed E-state index contributed by atoms with van der Waals surface area (Å²) in [6, 6.07) is 4.84. The van der Waals surface area contributed by atoms with Crippen molar-refractivity contribution < 1.29 is 14.3 Å². The molecule has 2 N–H and O–H groups in total. The average molecular weight is 383 g/mol. The zero-order chi connectivity index (χ0) is 19.7. The van der Waals surface area contributed by atoms with Crippen LogP contribution in [0.4, 0.5) is 4.39 Å². The molecule has 0 fully saturated rings. The van der Waals surface area contributed by atoms with Crippen LogP contribution in [0.3, 0.4) is 0 Å². The molecule has 4 rings (SSSR count). The third-order valence-corrected chi connectivity index (χ3v) is 4.93. The number of aryl methyl sites for hydroxylation is 1. The highest BCUT2D eigenvalue weighted by atomic mass is 19.1. The Bertz CT molecular complexity index is 1020. The van der Waals surface area contributed by atoms with Crippen LogP contribution in [0.15, 0.2) is 36.8 Å². The SMILES string of the molecule is Cc1cn2cc(C(=O)NC[C@H](O)CN3CCc4cc(F)ccc4C3)nc2cn1. The second kappa shape index (κ2) is 7.65. The Morgan fingerprint density at radius 2 is 2.21 bits per heavy atom. The zero-order valence-corrected chi connectivity index (χ0v) is 15.6. The largest absolute Gasteiger partial charge is 0.390 e. The van der Waals surface area contributed by atoms with Gasteiger partial charge in [0.15, 0.2) is 5.65 Å². The standard InChI is InChI=1S/C20H22FN5O2/c1-13-9-26-12-18(24-19(26)8-22-13)20(28)23-7-17(27)11-25-5-4-14-6-16(21)3-2-15(14)10-25/h2-3,6,8-9,12,17,27H,4-5,7,10-11H2,1H3,(H,23,28)/t17-/m0/s1. The Hall–Kier alpha value is -2.84.